The van der Waals surface area contributed by atoms with Gasteiger partial charge in [-0.15, -0.1) is 6.42 Å². The molecule has 0 bridgehead atoms. The first kappa shape index (κ1) is 14.1. The molecule has 0 heterocycles. The fraction of sp³-hybridized carbons (Fsp3) is 0.214. The summed E-state index contributed by atoms with van der Waals surface area (Å²) in [5.74, 6) is 1.56. The number of terminal acetylenes is 1. The van der Waals surface area contributed by atoms with Crippen molar-refractivity contribution in [1.29, 1.82) is 0 Å². The highest BCUT2D eigenvalue weighted by atomic mass is 35.5. The summed E-state index contributed by atoms with van der Waals surface area (Å²) in [4.78, 5) is 12.5. The predicted octanol–water partition coefficient (Wildman–Crippen LogP) is 2.90. The quantitative estimate of drug-likeness (QED) is 0.656. The second-order valence-electron chi connectivity index (χ2n) is 3.56. The molecule has 1 aromatic carbocycles. The fourth-order valence-corrected chi connectivity index (χ4v) is 1.83. The highest BCUT2D eigenvalue weighted by molar-refractivity contribution is 6.32. The monoisotopic (exact) mass is 263 g/mol. The lowest BCUT2D eigenvalue weighted by molar-refractivity contribution is -0.131. The number of carbonyl (C=O) groups is 1. The number of carboxylic acid groups (broad SMARTS) is 1. The number of benzene rings is 1. The Balaban J connectivity index is 3.22. The van der Waals surface area contributed by atoms with Crippen LogP contribution in [0.1, 0.15) is 12.5 Å². The van der Waals surface area contributed by atoms with E-state index in [-0.39, 0.29) is 0 Å². The van der Waals surface area contributed by atoms with Crippen molar-refractivity contribution in [2.75, 3.05) is 18.0 Å². The molecule has 0 atom stereocenters. The third kappa shape index (κ3) is 3.54. The second kappa shape index (κ2) is 6.73. The summed E-state index contributed by atoms with van der Waals surface area (Å²) >= 11 is 6.09. The lowest BCUT2D eigenvalue weighted by atomic mass is 10.1. The Labute approximate surface area is 112 Å². The van der Waals surface area contributed by atoms with Crippen molar-refractivity contribution in [3.8, 4) is 12.3 Å². The van der Waals surface area contributed by atoms with Crippen LogP contribution in [0.2, 0.25) is 5.02 Å². The van der Waals surface area contributed by atoms with Gasteiger partial charge in [-0.2, -0.15) is 0 Å². The van der Waals surface area contributed by atoms with E-state index in [1.54, 1.807) is 6.07 Å². The van der Waals surface area contributed by atoms with E-state index < -0.39 is 5.97 Å². The molecule has 0 radical (unpaired) electrons. The van der Waals surface area contributed by atoms with Gasteiger partial charge < -0.3 is 10.0 Å². The highest BCUT2D eigenvalue weighted by Gasteiger charge is 2.10. The average molecular weight is 264 g/mol. The number of carboxylic acids is 1. The van der Waals surface area contributed by atoms with Crippen molar-refractivity contribution >= 4 is 29.3 Å². The van der Waals surface area contributed by atoms with Crippen LogP contribution in [-0.2, 0) is 4.79 Å². The van der Waals surface area contributed by atoms with Gasteiger partial charge in [0.2, 0.25) is 0 Å². The number of aliphatic carboxylic acids is 1. The summed E-state index contributed by atoms with van der Waals surface area (Å²) in [6, 6.07) is 5.40. The molecule has 0 aliphatic rings. The van der Waals surface area contributed by atoms with Gasteiger partial charge in [0.15, 0.2) is 0 Å². The zero-order valence-electron chi connectivity index (χ0n) is 10.1. The third-order valence-corrected chi connectivity index (χ3v) is 2.76. The summed E-state index contributed by atoms with van der Waals surface area (Å²) < 4.78 is 0. The Morgan fingerprint density at radius 3 is 2.89 bits per heavy atom. The van der Waals surface area contributed by atoms with Crippen LogP contribution >= 0.6 is 11.6 Å². The van der Waals surface area contributed by atoms with Gasteiger partial charge in [-0.05, 0) is 25.1 Å². The van der Waals surface area contributed by atoms with Crippen LogP contribution in [-0.4, -0.2) is 24.2 Å². The standard InChI is InChI=1S/C14H14ClNO2/c1-3-10-16(4-2)13-7-5-6-12(15)11(13)8-9-14(17)18/h1,5-9H,4,10H2,2H3,(H,17,18)/b9-8+. The van der Waals surface area contributed by atoms with E-state index in [1.165, 1.54) is 6.08 Å². The van der Waals surface area contributed by atoms with E-state index in [9.17, 15) is 4.79 Å². The van der Waals surface area contributed by atoms with E-state index in [0.29, 0.717) is 17.1 Å². The second-order valence-corrected chi connectivity index (χ2v) is 3.97. The molecular weight excluding hydrogens is 250 g/mol. The van der Waals surface area contributed by atoms with E-state index >= 15 is 0 Å². The van der Waals surface area contributed by atoms with Gasteiger partial charge in [-0.3, -0.25) is 0 Å². The van der Waals surface area contributed by atoms with Gasteiger partial charge >= 0.3 is 5.97 Å². The first-order chi connectivity index (χ1) is 8.60. The number of anilines is 1. The number of halogens is 1. The molecule has 3 nitrogen and oxygen atoms in total. The van der Waals surface area contributed by atoms with Crippen molar-refractivity contribution in [3.05, 3.63) is 34.9 Å². The van der Waals surface area contributed by atoms with E-state index in [1.807, 2.05) is 24.0 Å². The molecule has 0 saturated carbocycles. The molecule has 1 rings (SSSR count). The number of rotatable bonds is 5. The Kier molecular flexibility index (Phi) is 5.29. The average Bonchev–Trinajstić information content (AvgIpc) is 2.34. The zero-order chi connectivity index (χ0) is 13.5. The number of nitrogens with zero attached hydrogens (tertiary/aromatic N) is 1. The maximum absolute atomic E-state index is 10.6. The first-order valence-corrected chi connectivity index (χ1v) is 5.85. The lowest BCUT2D eigenvalue weighted by Gasteiger charge is -2.23. The van der Waals surface area contributed by atoms with Crippen molar-refractivity contribution in [1.82, 2.24) is 0 Å². The lowest BCUT2D eigenvalue weighted by Crippen LogP contribution is -2.23. The predicted molar refractivity (Wildman–Crippen MR) is 74.8 cm³/mol. The molecular formula is C14H14ClNO2. The van der Waals surface area contributed by atoms with Crippen LogP contribution in [0.4, 0.5) is 5.69 Å². The summed E-state index contributed by atoms with van der Waals surface area (Å²) in [5.41, 5.74) is 1.50. The van der Waals surface area contributed by atoms with Gasteiger partial charge in [0.05, 0.1) is 6.54 Å². The van der Waals surface area contributed by atoms with Crippen molar-refractivity contribution in [2.24, 2.45) is 0 Å². The number of hydrogen-bond acceptors (Lipinski definition) is 2. The fourth-order valence-electron chi connectivity index (χ4n) is 1.60. The van der Waals surface area contributed by atoms with Crippen LogP contribution in [0.15, 0.2) is 24.3 Å². The van der Waals surface area contributed by atoms with E-state index in [0.717, 1.165) is 18.3 Å². The van der Waals surface area contributed by atoms with E-state index in [4.69, 9.17) is 23.1 Å². The van der Waals surface area contributed by atoms with E-state index in [2.05, 4.69) is 5.92 Å². The Bertz CT molecular complexity index is 503. The minimum absolute atomic E-state index is 0.449. The summed E-state index contributed by atoms with van der Waals surface area (Å²) in [5, 5.41) is 9.18. The molecule has 1 N–H and O–H groups in total. The molecule has 0 saturated heterocycles. The molecule has 0 aliphatic carbocycles. The smallest absolute Gasteiger partial charge is 0.328 e. The maximum Gasteiger partial charge on any atom is 0.328 e. The van der Waals surface area contributed by atoms with Gasteiger partial charge in [0, 0.05) is 28.9 Å². The normalized spacial score (nSPS) is 10.3. The minimum atomic E-state index is -1.01. The summed E-state index contributed by atoms with van der Waals surface area (Å²) in [7, 11) is 0. The molecule has 0 amide bonds. The maximum atomic E-state index is 10.6. The van der Waals surface area contributed by atoms with Crippen LogP contribution in [0.25, 0.3) is 6.08 Å². The molecule has 94 valence electrons. The molecule has 0 fully saturated rings. The van der Waals surface area contributed by atoms with Gasteiger partial charge in [0.1, 0.15) is 0 Å². The SMILES string of the molecule is C#CCN(CC)c1cccc(Cl)c1/C=C/C(=O)O. The highest BCUT2D eigenvalue weighted by Crippen LogP contribution is 2.28. The summed E-state index contributed by atoms with van der Waals surface area (Å²) in [6.45, 7) is 3.14. The van der Waals surface area contributed by atoms with Gasteiger partial charge in [-0.25, -0.2) is 4.79 Å². The van der Waals surface area contributed by atoms with Crippen LogP contribution in [0, 0.1) is 12.3 Å². The third-order valence-electron chi connectivity index (χ3n) is 2.43. The molecule has 4 heteroatoms. The Morgan fingerprint density at radius 2 is 2.33 bits per heavy atom. The molecule has 1 aromatic rings. The Hall–Kier alpha value is -1.92. The van der Waals surface area contributed by atoms with Crippen LogP contribution in [0.5, 0.6) is 0 Å². The molecule has 0 unspecified atom stereocenters. The summed E-state index contributed by atoms with van der Waals surface area (Å²) in [6.07, 6.45) is 7.87. The minimum Gasteiger partial charge on any atom is -0.478 e. The first-order valence-electron chi connectivity index (χ1n) is 5.48. The molecule has 0 aliphatic heterocycles. The zero-order valence-corrected chi connectivity index (χ0v) is 10.8. The van der Waals surface area contributed by atoms with Crippen molar-refractivity contribution in [3.63, 3.8) is 0 Å². The van der Waals surface area contributed by atoms with Crippen molar-refractivity contribution < 1.29 is 9.90 Å². The largest absolute Gasteiger partial charge is 0.478 e. The molecule has 18 heavy (non-hydrogen) atoms. The van der Waals surface area contributed by atoms with Crippen molar-refractivity contribution in [2.45, 2.75) is 6.92 Å². The Morgan fingerprint density at radius 1 is 1.61 bits per heavy atom. The van der Waals surface area contributed by atoms with Gasteiger partial charge in [-0.1, -0.05) is 23.6 Å². The van der Waals surface area contributed by atoms with Gasteiger partial charge in [0.25, 0.3) is 0 Å². The molecule has 0 spiro atoms. The number of hydrogen-bond donors (Lipinski definition) is 1. The molecule has 0 aromatic heterocycles. The van der Waals surface area contributed by atoms with Crippen LogP contribution in [0.3, 0.4) is 0 Å². The van der Waals surface area contributed by atoms with Crippen LogP contribution < -0.4 is 4.90 Å². The topological polar surface area (TPSA) is 40.5 Å².